The van der Waals surface area contributed by atoms with Crippen LogP contribution in [0.4, 0.5) is 4.79 Å². The number of ether oxygens (including phenoxy) is 2. The highest BCUT2D eigenvalue weighted by Gasteiger charge is 2.36. The first kappa shape index (κ1) is 24.6. The highest BCUT2D eigenvalue weighted by molar-refractivity contribution is 9.10. The molecule has 1 amide bonds. The Morgan fingerprint density at radius 3 is 2.56 bits per heavy atom. The summed E-state index contributed by atoms with van der Waals surface area (Å²) in [6.07, 6.45) is 0.182. The van der Waals surface area contributed by atoms with Crippen LogP contribution < -0.4 is 4.74 Å². The van der Waals surface area contributed by atoms with E-state index in [2.05, 4.69) is 27.0 Å². The number of carbonyl (C=O) groups is 1. The van der Waals surface area contributed by atoms with Crippen LogP contribution in [-0.2, 0) is 11.2 Å². The van der Waals surface area contributed by atoms with Gasteiger partial charge in [-0.2, -0.15) is 0 Å². The molecule has 4 rings (SSSR count). The Bertz CT molecular complexity index is 1150. The highest BCUT2D eigenvalue weighted by atomic mass is 79.9. The lowest BCUT2D eigenvalue weighted by molar-refractivity contribution is 0.0287. The predicted molar refractivity (Wildman–Crippen MR) is 134 cm³/mol. The average molecular weight is 531 g/mol. The van der Waals surface area contributed by atoms with E-state index in [1.165, 1.54) is 5.56 Å². The molecule has 0 saturated carbocycles. The monoisotopic (exact) mass is 530 g/mol. The zero-order valence-electron chi connectivity index (χ0n) is 19.7. The molecular formula is C26H31BrN2O5. The number of carbonyl (C=O) groups excluding carboxylic acids is 1. The molecule has 182 valence electrons. The SMILES string of the molecule is CC(C)OC(=O)N1CCc2c([nH]c3ccc(Br)cc23)C1c1ccc(OCC(C)(CO)CO)cc1. The van der Waals surface area contributed by atoms with Crippen molar-refractivity contribution in [3.05, 3.63) is 63.8 Å². The Hall–Kier alpha value is -2.55. The van der Waals surface area contributed by atoms with Gasteiger partial charge in [0.25, 0.3) is 0 Å². The van der Waals surface area contributed by atoms with E-state index in [9.17, 15) is 15.0 Å². The molecule has 2 aromatic carbocycles. The van der Waals surface area contributed by atoms with Gasteiger partial charge in [-0.3, -0.25) is 4.90 Å². The Balaban J connectivity index is 1.69. The number of aliphatic hydroxyl groups is 2. The van der Waals surface area contributed by atoms with Gasteiger partial charge >= 0.3 is 6.09 Å². The van der Waals surface area contributed by atoms with Crippen molar-refractivity contribution in [3.8, 4) is 5.75 Å². The summed E-state index contributed by atoms with van der Waals surface area (Å²) in [6, 6.07) is 13.4. The van der Waals surface area contributed by atoms with Crippen molar-refractivity contribution in [2.24, 2.45) is 5.41 Å². The molecule has 0 fully saturated rings. The molecule has 0 spiro atoms. The number of benzene rings is 2. The number of nitrogens with zero attached hydrogens (tertiary/aromatic N) is 1. The highest BCUT2D eigenvalue weighted by Crippen LogP contribution is 2.40. The van der Waals surface area contributed by atoms with Gasteiger partial charge in [0.15, 0.2) is 0 Å². The van der Waals surface area contributed by atoms with Crippen LogP contribution in [0.25, 0.3) is 10.9 Å². The molecule has 0 saturated heterocycles. The fourth-order valence-electron chi connectivity index (χ4n) is 4.22. The number of H-pyrrole nitrogens is 1. The van der Waals surface area contributed by atoms with Gasteiger partial charge < -0.3 is 24.7 Å². The summed E-state index contributed by atoms with van der Waals surface area (Å²) < 4.78 is 12.4. The molecule has 8 heteroatoms. The number of fused-ring (bicyclic) bond motifs is 3. The fraction of sp³-hybridized carbons (Fsp3) is 0.423. The summed E-state index contributed by atoms with van der Waals surface area (Å²) >= 11 is 3.57. The number of aromatic amines is 1. The zero-order valence-corrected chi connectivity index (χ0v) is 21.3. The second-order valence-corrected chi connectivity index (χ2v) is 10.4. The Morgan fingerprint density at radius 2 is 1.91 bits per heavy atom. The van der Waals surface area contributed by atoms with Gasteiger partial charge in [-0.25, -0.2) is 4.79 Å². The number of nitrogens with one attached hydrogen (secondary N) is 1. The Morgan fingerprint density at radius 1 is 1.21 bits per heavy atom. The van der Waals surface area contributed by atoms with Crippen LogP contribution in [0.2, 0.25) is 0 Å². The van der Waals surface area contributed by atoms with E-state index in [0.29, 0.717) is 12.3 Å². The van der Waals surface area contributed by atoms with Crippen molar-refractivity contribution in [2.45, 2.75) is 39.3 Å². The summed E-state index contributed by atoms with van der Waals surface area (Å²) in [4.78, 5) is 18.4. The summed E-state index contributed by atoms with van der Waals surface area (Å²) in [6.45, 7) is 5.86. The van der Waals surface area contributed by atoms with Gasteiger partial charge in [0, 0.05) is 33.0 Å². The minimum Gasteiger partial charge on any atom is -0.493 e. The van der Waals surface area contributed by atoms with Gasteiger partial charge in [0.2, 0.25) is 0 Å². The van der Waals surface area contributed by atoms with Gasteiger partial charge in [-0.15, -0.1) is 0 Å². The Kier molecular flexibility index (Phi) is 7.21. The number of hydrogen-bond acceptors (Lipinski definition) is 5. The third-order valence-electron chi connectivity index (χ3n) is 6.21. The average Bonchev–Trinajstić information content (AvgIpc) is 3.19. The molecule has 0 radical (unpaired) electrons. The van der Waals surface area contributed by atoms with E-state index in [-0.39, 0.29) is 38.1 Å². The molecule has 3 N–H and O–H groups in total. The maximum Gasteiger partial charge on any atom is 0.410 e. The van der Waals surface area contributed by atoms with Crippen LogP contribution in [0.15, 0.2) is 46.9 Å². The van der Waals surface area contributed by atoms with E-state index in [4.69, 9.17) is 9.47 Å². The van der Waals surface area contributed by atoms with Crippen LogP contribution in [0.1, 0.15) is 43.6 Å². The van der Waals surface area contributed by atoms with Crippen LogP contribution in [0, 0.1) is 5.41 Å². The quantitative estimate of drug-likeness (QED) is 0.408. The molecule has 1 atom stereocenters. The minimum atomic E-state index is -0.715. The lowest BCUT2D eigenvalue weighted by atomic mass is 9.92. The molecule has 1 aromatic heterocycles. The topological polar surface area (TPSA) is 95.0 Å². The number of halogens is 1. The third-order valence-corrected chi connectivity index (χ3v) is 6.70. The number of amides is 1. The largest absolute Gasteiger partial charge is 0.493 e. The van der Waals surface area contributed by atoms with E-state index in [0.717, 1.165) is 33.1 Å². The summed E-state index contributed by atoms with van der Waals surface area (Å²) in [5.74, 6) is 0.629. The van der Waals surface area contributed by atoms with Crippen LogP contribution >= 0.6 is 15.9 Å². The second kappa shape index (κ2) is 9.98. The molecule has 1 aliphatic rings. The molecule has 1 unspecified atom stereocenters. The number of aromatic nitrogens is 1. The van der Waals surface area contributed by atoms with E-state index in [1.54, 1.807) is 11.8 Å². The van der Waals surface area contributed by atoms with Crippen molar-refractivity contribution < 1.29 is 24.5 Å². The molecule has 2 heterocycles. The molecular weight excluding hydrogens is 500 g/mol. The van der Waals surface area contributed by atoms with Crippen LogP contribution in [0.5, 0.6) is 5.75 Å². The predicted octanol–water partition coefficient (Wildman–Crippen LogP) is 4.79. The maximum atomic E-state index is 13.0. The fourth-order valence-corrected chi connectivity index (χ4v) is 4.58. The Labute approximate surface area is 207 Å². The van der Waals surface area contributed by atoms with Gasteiger partial charge in [0.1, 0.15) is 11.8 Å². The van der Waals surface area contributed by atoms with Gasteiger partial charge in [-0.1, -0.05) is 35.0 Å². The van der Waals surface area contributed by atoms with E-state index < -0.39 is 5.41 Å². The molecule has 7 nitrogen and oxygen atoms in total. The minimum absolute atomic E-state index is 0.171. The third kappa shape index (κ3) is 4.94. The molecule has 0 aliphatic carbocycles. The standard InChI is InChI=1S/C26H31BrN2O5/c1-16(2)34-25(32)29-11-10-20-21-12-18(27)6-9-22(21)28-23(20)24(29)17-4-7-19(8-5-17)33-15-26(3,13-30)14-31/h4-9,12,16,24,28,30-31H,10-11,13-15H2,1-3H3. The number of hydrogen-bond donors (Lipinski definition) is 3. The van der Waals surface area contributed by atoms with Crippen LogP contribution in [0.3, 0.4) is 0 Å². The van der Waals surface area contributed by atoms with E-state index >= 15 is 0 Å². The summed E-state index contributed by atoms with van der Waals surface area (Å²) in [5.41, 5.74) is 3.45. The summed E-state index contributed by atoms with van der Waals surface area (Å²) in [7, 11) is 0. The second-order valence-electron chi connectivity index (χ2n) is 9.47. The normalized spacial score (nSPS) is 16.1. The molecule has 3 aromatic rings. The number of aliphatic hydroxyl groups excluding tert-OH is 2. The van der Waals surface area contributed by atoms with Crippen molar-refractivity contribution in [1.82, 2.24) is 9.88 Å². The van der Waals surface area contributed by atoms with E-state index in [1.807, 2.05) is 50.2 Å². The van der Waals surface area contributed by atoms with Crippen molar-refractivity contribution in [3.63, 3.8) is 0 Å². The molecule has 0 bridgehead atoms. The van der Waals surface area contributed by atoms with Crippen molar-refractivity contribution >= 4 is 32.9 Å². The lowest BCUT2D eigenvalue weighted by Crippen LogP contribution is -2.41. The van der Waals surface area contributed by atoms with Crippen molar-refractivity contribution in [2.75, 3.05) is 26.4 Å². The molecule has 34 heavy (non-hydrogen) atoms. The smallest absolute Gasteiger partial charge is 0.410 e. The maximum absolute atomic E-state index is 13.0. The van der Waals surface area contributed by atoms with Gasteiger partial charge in [-0.05, 0) is 61.7 Å². The van der Waals surface area contributed by atoms with Crippen molar-refractivity contribution in [1.29, 1.82) is 0 Å². The first-order valence-corrected chi connectivity index (χ1v) is 12.3. The van der Waals surface area contributed by atoms with Crippen LogP contribution in [-0.4, -0.2) is 58.7 Å². The first-order chi connectivity index (χ1) is 16.2. The first-order valence-electron chi connectivity index (χ1n) is 11.5. The van der Waals surface area contributed by atoms with Gasteiger partial charge in [0.05, 0.1) is 25.9 Å². The number of rotatable bonds is 7. The summed E-state index contributed by atoms with van der Waals surface area (Å²) in [5, 5.41) is 20.1. The lowest BCUT2D eigenvalue weighted by Gasteiger charge is -2.36. The zero-order chi connectivity index (χ0) is 24.5. The molecule has 1 aliphatic heterocycles.